The molecule has 0 unspecified atom stereocenters. The van der Waals surface area contributed by atoms with E-state index in [1.807, 2.05) is 0 Å². The van der Waals surface area contributed by atoms with Crippen molar-refractivity contribution >= 4 is 21.7 Å². The number of Topliss-reactive ketones (excluding diaryl/α,β-unsaturated/α-hetero) is 1. The van der Waals surface area contributed by atoms with Crippen molar-refractivity contribution in [3.8, 4) is 0 Å². The van der Waals surface area contributed by atoms with Crippen LogP contribution in [0.5, 0.6) is 0 Å². The molecular weight excluding hydrogens is 272 g/mol. The molecule has 1 aliphatic heterocycles. The molecular formula is C12H13BrO3. The summed E-state index contributed by atoms with van der Waals surface area (Å²) in [5.41, 5.74) is -0.695. The molecule has 1 saturated heterocycles. The fourth-order valence-electron chi connectivity index (χ4n) is 1.81. The number of aliphatic hydroxyl groups is 1. The van der Waals surface area contributed by atoms with E-state index in [-0.39, 0.29) is 5.78 Å². The van der Waals surface area contributed by atoms with Gasteiger partial charge in [0, 0.05) is 36.1 Å². The number of carbonyl (C=O) groups excluding carboxylic acids is 1. The average molecular weight is 285 g/mol. The van der Waals surface area contributed by atoms with Gasteiger partial charge in [0.2, 0.25) is 0 Å². The Bertz CT molecular complexity index is 380. The van der Waals surface area contributed by atoms with Gasteiger partial charge in [0.05, 0.1) is 0 Å². The first-order valence-corrected chi connectivity index (χ1v) is 6.02. The Hall–Kier alpha value is -0.710. The molecule has 0 radical (unpaired) electrons. The van der Waals surface area contributed by atoms with Crippen molar-refractivity contribution in [1.29, 1.82) is 0 Å². The first-order valence-electron chi connectivity index (χ1n) is 5.22. The van der Waals surface area contributed by atoms with Crippen molar-refractivity contribution in [2.24, 2.45) is 0 Å². The molecule has 1 heterocycles. The van der Waals surface area contributed by atoms with E-state index in [2.05, 4.69) is 15.9 Å². The fourth-order valence-corrected chi connectivity index (χ4v) is 2.07. The van der Waals surface area contributed by atoms with Crippen molar-refractivity contribution in [3.05, 3.63) is 34.3 Å². The van der Waals surface area contributed by atoms with Crippen LogP contribution >= 0.6 is 15.9 Å². The maximum absolute atomic E-state index is 12.1. The van der Waals surface area contributed by atoms with Gasteiger partial charge in [0.15, 0.2) is 5.78 Å². The summed E-state index contributed by atoms with van der Waals surface area (Å²) in [7, 11) is 0. The minimum Gasteiger partial charge on any atom is -0.382 e. The first-order chi connectivity index (χ1) is 7.62. The zero-order valence-electron chi connectivity index (χ0n) is 8.78. The highest BCUT2D eigenvalue weighted by molar-refractivity contribution is 9.10. The normalized spacial score (nSPS) is 19.4. The van der Waals surface area contributed by atoms with Crippen LogP contribution in [0.4, 0.5) is 0 Å². The van der Waals surface area contributed by atoms with Crippen LogP contribution in [0.3, 0.4) is 0 Å². The van der Waals surface area contributed by atoms with Gasteiger partial charge in [0.25, 0.3) is 0 Å². The largest absolute Gasteiger partial charge is 0.382 e. The van der Waals surface area contributed by atoms with E-state index in [1.54, 1.807) is 24.3 Å². The third-order valence-electron chi connectivity index (χ3n) is 2.85. The minimum atomic E-state index is -1.24. The Morgan fingerprint density at radius 1 is 1.25 bits per heavy atom. The molecule has 1 aromatic rings. The van der Waals surface area contributed by atoms with E-state index in [4.69, 9.17) is 4.74 Å². The SMILES string of the molecule is O=C(c1ccc(Br)cc1)C1(O)CCOCC1. The molecule has 3 nitrogen and oxygen atoms in total. The van der Waals surface area contributed by atoms with Gasteiger partial charge in [-0.1, -0.05) is 28.1 Å². The number of hydrogen-bond donors (Lipinski definition) is 1. The summed E-state index contributed by atoms with van der Waals surface area (Å²) in [6, 6.07) is 7.05. The molecule has 4 heteroatoms. The van der Waals surface area contributed by atoms with Crippen LogP contribution in [0.25, 0.3) is 0 Å². The minimum absolute atomic E-state index is 0.205. The van der Waals surface area contributed by atoms with Crippen molar-refractivity contribution < 1.29 is 14.6 Å². The molecule has 86 valence electrons. The topological polar surface area (TPSA) is 46.5 Å². The zero-order chi connectivity index (χ0) is 11.6. The van der Waals surface area contributed by atoms with Crippen molar-refractivity contribution in [2.75, 3.05) is 13.2 Å². The second kappa shape index (κ2) is 4.65. The van der Waals surface area contributed by atoms with Gasteiger partial charge in [-0.05, 0) is 12.1 Å². The molecule has 0 saturated carbocycles. The Morgan fingerprint density at radius 2 is 1.81 bits per heavy atom. The van der Waals surface area contributed by atoms with Gasteiger partial charge in [-0.15, -0.1) is 0 Å². The lowest BCUT2D eigenvalue weighted by atomic mass is 9.86. The van der Waals surface area contributed by atoms with Crippen LogP contribution in [0.15, 0.2) is 28.7 Å². The van der Waals surface area contributed by atoms with Gasteiger partial charge in [-0.2, -0.15) is 0 Å². The third kappa shape index (κ3) is 2.34. The summed E-state index contributed by atoms with van der Waals surface area (Å²) in [5, 5.41) is 10.2. The number of rotatable bonds is 2. The predicted molar refractivity (Wildman–Crippen MR) is 63.5 cm³/mol. The molecule has 0 aromatic heterocycles. The number of benzene rings is 1. The number of halogens is 1. The summed E-state index contributed by atoms with van der Waals surface area (Å²) in [6.07, 6.45) is 0.754. The van der Waals surface area contributed by atoms with Gasteiger partial charge in [-0.3, -0.25) is 4.79 Å². The molecule has 0 aliphatic carbocycles. The summed E-state index contributed by atoms with van der Waals surface area (Å²) >= 11 is 3.31. The maximum atomic E-state index is 12.1. The van der Waals surface area contributed by atoms with Gasteiger partial charge >= 0.3 is 0 Å². The van der Waals surface area contributed by atoms with Crippen LogP contribution < -0.4 is 0 Å². The molecule has 0 spiro atoms. The van der Waals surface area contributed by atoms with Crippen LogP contribution in [-0.4, -0.2) is 29.7 Å². The van der Waals surface area contributed by atoms with Crippen LogP contribution in [0, 0.1) is 0 Å². The van der Waals surface area contributed by atoms with Crippen molar-refractivity contribution in [1.82, 2.24) is 0 Å². The maximum Gasteiger partial charge on any atom is 0.194 e. The average Bonchev–Trinajstić information content (AvgIpc) is 2.30. The fraction of sp³-hybridized carbons (Fsp3) is 0.417. The highest BCUT2D eigenvalue weighted by atomic mass is 79.9. The summed E-state index contributed by atoms with van der Waals surface area (Å²) in [4.78, 5) is 12.1. The number of hydrogen-bond acceptors (Lipinski definition) is 3. The molecule has 1 N–H and O–H groups in total. The summed E-state index contributed by atoms with van der Waals surface area (Å²) in [5.74, 6) is -0.205. The van der Waals surface area contributed by atoms with Crippen LogP contribution in [0.2, 0.25) is 0 Å². The molecule has 1 aromatic carbocycles. The van der Waals surface area contributed by atoms with Crippen molar-refractivity contribution in [2.45, 2.75) is 18.4 Å². The third-order valence-corrected chi connectivity index (χ3v) is 3.38. The van der Waals surface area contributed by atoms with Crippen molar-refractivity contribution in [3.63, 3.8) is 0 Å². The number of ketones is 1. The molecule has 0 bridgehead atoms. The zero-order valence-corrected chi connectivity index (χ0v) is 10.4. The Morgan fingerprint density at radius 3 is 2.38 bits per heavy atom. The lowest BCUT2D eigenvalue weighted by Crippen LogP contribution is -2.43. The summed E-state index contributed by atoms with van der Waals surface area (Å²) < 4.78 is 6.07. The smallest absolute Gasteiger partial charge is 0.194 e. The van der Waals surface area contributed by atoms with E-state index in [0.717, 1.165) is 4.47 Å². The Labute approximate surface area is 103 Å². The van der Waals surface area contributed by atoms with E-state index >= 15 is 0 Å². The van der Waals surface area contributed by atoms with E-state index in [1.165, 1.54) is 0 Å². The van der Waals surface area contributed by atoms with Gasteiger partial charge in [-0.25, -0.2) is 0 Å². The van der Waals surface area contributed by atoms with Crippen LogP contribution in [0.1, 0.15) is 23.2 Å². The highest BCUT2D eigenvalue weighted by Crippen LogP contribution is 2.25. The first kappa shape index (κ1) is 11.8. The standard InChI is InChI=1S/C12H13BrO3/c13-10-3-1-9(2-4-10)11(14)12(15)5-7-16-8-6-12/h1-4,15H,5-8H2. The van der Waals surface area contributed by atoms with E-state index < -0.39 is 5.60 Å². The predicted octanol–water partition coefficient (Wildman–Crippen LogP) is 2.17. The lowest BCUT2D eigenvalue weighted by Gasteiger charge is -2.30. The summed E-state index contributed by atoms with van der Waals surface area (Å²) in [6.45, 7) is 0.886. The quantitative estimate of drug-likeness (QED) is 0.847. The monoisotopic (exact) mass is 284 g/mol. The highest BCUT2D eigenvalue weighted by Gasteiger charge is 2.37. The van der Waals surface area contributed by atoms with Crippen LogP contribution in [-0.2, 0) is 4.74 Å². The molecule has 1 aliphatic rings. The molecule has 0 amide bonds. The number of ether oxygens (including phenoxy) is 1. The Kier molecular flexibility index (Phi) is 3.42. The Balaban J connectivity index is 2.20. The molecule has 16 heavy (non-hydrogen) atoms. The molecule has 2 rings (SSSR count). The van der Waals surface area contributed by atoms with E-state index in [0.29, 0.717) is 31.6 Å². The molecule has 0 atom stereocenters. The molecule has 1 fully saturated rings. The van der Waals surface area contributed by atoms with E-state index in [9.17, 15) is 9.90 Å². The second-order valence-corrected chi connectivity index (χ2v) is 4.90. The lowest BCUT2D eigenvalue weighted by molar-refractivity contribution is -0.0433. The van der Waals surface area contributed by atoms with Gasteiger partial charge in [0.1, 0.15) is 5.60 Å². The number of carbonyl (C=O) groups is 1. The van der Waals surface area contributed by atoms with Gasteiger partial charge < -0.3 is 9.84 Å². The second-order valence-electron chi connectivity index (χ2n) is 3.98.